The van der Waals surface area contributed by atoms with Crippen LogP contribution in [-0.4, -0.2) is 43.1 Å². The second-order valence-electron chi connectivity index (χ2n) is 5.70. The van der Waals surface area contributed by atoms with Crippen LogP contribution in [0.5, 0.6) is 5.75 Å². The van der Waals surface area contributed by atoms with Crippen LogP contribution in [0.2, 0.25) is 0 Å². The van der Waals surface area contributed by atoms with Gasteiger partial charge in [-0.3, -0.25) is 14.8 Å². The summed E-state index contributed by atoms with van der Waals surface area (Å²) in [5, 5.41) is 8.76. The van der Waals surface area contributed by atoms with Crippen LogP contribution in [0.1, 0.15) is 13.3 Å². The van der Waals surface area contributed by atoms with Gasteiger partial charge in [-0.2, -0.15) is 0 Å². The molecule has 0 fully saturated rings. The Kier molecular flexibility index (Phi) is 10.8. The highest BCUT2D eigenvalue weighted by Crippen LogP contribution is 2.14. The van der Waals surface area contributed by atoms with Crippen LogP contribution in [0.4, 0.5) is 10.1 Å². The number of benzene rings is 1. The first-order chi connectivity index (χ1) is 13.1. The number of nitrogens with zero attached hydrogens (tertiary/aromatic N) is 2. The Balaban J connectivity index is 0.00000392. The van der Waals surface area contributed by atoms with Gasteiger partial charge in [0.15, 0.2) is 5.96 Å². The molecule has 2 aromatic rings. The van der Waals surface area contributed by atoms with Crippen molar-refractivity contribution in [1.29, 1.82) is 0 Å². The fourth-order valence-electron chi connectivity index (χ4n) is 2.24. The van der Waals surface area contributed by atoms with E-state index in [-0.39, 0.29) is 48.3 Å². The van der Waals surface area contributed by atoms with Crippen molar-refractivity contribution in [3.63, 3.8) is 0 Å². The summed E-state index contributed by atoms with van der Waals surface area (Å²) in [6.07, 6.45) is 3.76. The largest absolute Gasteiger partial charge is 0.489 e. The van der Waals surface area contributed by atoms with Crippen LogP contribution in [0, 0.1) is 5.82 Å². The van der Waals surface area contributed by atoms with Crippen molar-refractivity contribution >= 4 is 41.5 Å². The van der Waals surface area contributed by atoms with Crippen molar-refractivity contribution in [2.75, 3.05) is 25.5 Å². The third-order valence-corrected chi connectivity index (χ3v) is 3.64. The Morgan fingerprint density at radius 1 is 1.29 bits per heavy atom. The van der Waals surface area contributed by atoms with Gasteiger partial charge in [-0.15, -0.1) is 24.0 Å². The maximum atomic E-state index is 13.3. The predicted molar refractivity (Wildman–Crippen MR) is 119 cm³/mol. The average molecular weight is 501 g/mol. The minimum absolute atomic E-state index is 0. The molecule has 0 saturated heterocycles. The number of carbonyl (C=O) groups is 1. The van der Waals surface area contributed by atoms with Crippen LogP contribution in [0.15, 0.2) is 53.8 Å². The molecule has 1 aromatic heterocycles. The molecule has 2 rings (SSSR count). The lowest BCUT2D eigenvalue weighted by molar-refractivity contribution is -0.115. The van der Waals surface area contributed by atoms with E-state index in [1.807, 2.05) is 6.92 Å². The highest BCUT2D eigenvalue weighted by atomic mass is 127. The third kappa shape index (κ3) is 8.51. The van der Waals surface area contributed by atoms with Crippen molar-refractivity contribution in [3.05, 3.63) is 54.6 Å². The molecule has 0 aliphatic carbocycles. The highest BCUT2D eigenvalue weighted by molar-refractivity contribution is 14.0. The molecule has 0 spiro atoms. The van der Waals surface area contributed by atoms with Gasteiger partial charge in [0, 0.05) is 19.3 Å². The zero-order valence-electron chi connectivity index (χ0n) is 15.8. The van der Waals surface area contributed by atoms with E-state index in [0.717, 1.165) is 6.42 Å². The Labute approximate surface area is 181 Å². The summed E-state index contributed by atoms with van der Waals surface area (Å²) in [6, 6.07) is 9.53. The first-order valence-electron chi connectivity index (χ1n) is 8.67. The maximum Gasteiger partial charge on any atom is 0.243 e. The van der Waals surface area contributed by atoms with Crippen molar-refractivity contribution in [1.82, 2.24) is 15.6 Å². The van der Waals surface area contributed by atoms with E-state index in [4.69, 9.17) is 4.74 Å². The number of nitrogens with one attached hydrogen (secondary N) is 3. The average Bonchev–Trinajstić information content (AvgIpc) is 2.68. The SMILES string of the molecule is CCC(CNC(=NC)NCC(=O)Nc1cccnc1)Oc1cccc(F)c1.I. The van der Waals surface area contributed by atoms with Crippen LogP contribution >= 0.6 is 24.0 Å². The fourth-order valence-corrected chi connectivity index (χ4v) is 2.24. The minimum Gasteiger partial charge on any atom is -0.489 e. The molecule has 0 bridgehead atoms. The van der Waals surface area contributed by atoms with Gasteiger partial charge >= 0.3 is 0 Å². The van der Waals surface area contributed by atoms with Crippen LogP contribution in [0.25, 0.3) is 0 Å². The molecular formula is C19H25FIN5O2. The molecule has 1 aromatic carbocycles. The topological polar surface area (TPSA) is 87.6 Å². The van der Waals surface area contributed by atoms with E-state index in [2.05, 4.69) is 25.9 Å². The summed E-state index contributed by atoms with van der Waals surface area (Å²) < 4.78 is 19.0. The van der Waals surface area contributed by atoms with E-state index in [0.29, 0.717) is 23.9 Å². The number of ether oxygens (including phenoxy) is 1. The molecular weight excluding hydrogens is 476 g/mol. The van der Waals surface area contributed by atoms with Crippen LogP contribution < -0.4 is 20.7 Å². The number of amides is 1. The Bertz CT molecular complexity index is 761. The minimum atomic E-state index is -0.340. The van der Waals surface area contributed by atoms with Crippen molar-refractivity contribution in [3.8, 4) is 5.75 Å². The van der Waals surface area contributed by atoms with Gasteiger partial charge in [0.1, 0.15) is 17.7 Å². The van der Waals surface area contributed by atoms with Crippen LogP contribution in [0.3, 0.4) is 0 Å². The van der Waals surface area contributed by atoms with Gasteiger partial charge in [-0.05, 0) is 30.7 Å². The van der Waals surface area contributed by atoms with Gasteiger partial charge < -0.3 is 20.7 Å². The Morgan fingerprint density at radius 3 is 2.75 bits per heavy atom. The molecule has 0 aliphatic rings. The quantitative estimate of drug-likeness (QED) is 0.294. The summed E-state index contributed by atoms with van der Waals surface area (Å²) in [5.74, 6) is 0.390. The number of hydrogen-bond acceptors (Lipinski definition) is 4. The number of pyridine rings is 1. The Morgan fingerprint density at radius 2 is 2.11 bits per heavy atom. The van der Waals surface area contributed by atoms with Crippen molar-refractivity contribution in [2.45, 2.75) is 19.4 Å². The standard InChI is InChI=1S/C19H24FN5O2.HI/c1-3-16(27-17-8-4-6-14(20)10-17)12-23-19(21-2)24-13-18(26)25-15-7-5-9-22-11-15;/h4-11,16H,3,12-13H2,1-2H3,(H,25,26)(H2,21,23,24);1H. The van der Waals surface area contributed by atoms with Gasteiger partial charge in [0.05, 0.1) is 25.0 Å². The zero-order chi connectivity index (χ0) is 19.5. The van der Waals surface area contributed by atoms with E-state index >= 15 is 0 Å². The second-order valence-corrected chi connectivity index (χ2v) is 5.70. The summed E-state index contributed by atoms with van der Waals surface area (Å²) in [7, 11) is 1.61. The van der Waals surface area contributed by atoms with Gasteiger partial charge in [-0.1, -0.05) is 13.0 Å². The van der Waals surface area contributed by atoms with Crippen LogP contribution in [-0.2, 0) is 4.79 Å². The van der Waals surface area contributed by atoms with E-state index in [1.165, 1.54) is 12.1 Å². The number of hydrogen-bond donors (Lipinski definition) is 3. The molecule has 28 heavy (non-hydrogen) atoms. The number of aromatic nitrogens is 1. The molecule has 1 heterocycles. The molecule has 9 heteroatoms. The predicted octanol–water partition coefficient (Wildman–Crippen LogP) is 2.80. The third-order valence-electron chi connectivity index (χ3n) is 3.64. The number of carbonyl (C=O) groups excluding carboxylic acids is 1. The molecule has 1 amide bonds. The first-order valence-corrected chi connectivity index (χ1v) is 8.67. The van der Waals surface area contributed by atoms with Gasteiger partial charge in [0.2, 0.25) is 5.91 Å². The summed E-state index contributed by atoms with van der Waals surface area (Å²) in [6.45, 7) is 2.48. The lowest BCUT2D eigenvalue weighted by Crippen LogP contribution is -2.44. The normalized spacial score (nSPS) is 11.8. The smallest absolute Gasteiger partial charge is 0.243 e. The van der Waals surface area contributed by atoms with E-state index in [9.17, 15) is 9.18 Å². The van der Waals surface area contributed by atoms with E-state index < -0.39 is 0 Å². The lowest BCUT2D eigenvalue weighted by atomic mass is 10.2. The Hall–Kier alpha value is -2.43. The monoisotopic (exact) mass is 501 g/mol. The summed E-state index contributed by atoms with van der Waals surface area (Å²) >= 11 is 0. The summed E-state index contributed by atoms with van der Waals surface area (Å²) in [5.41, 5.74) is 0.627. The van der Waals surface area contributed by atoms with Crippen molar-refractivity contribution in [2.24, 2.45) is 4.99 Å². The molecule has 0 saturated carbocycles. The summed E-state index contributed by atoms with van der Waals surface area (Å²) in [4.78, 5) is 20.0. The van der Waals surface area contributed by atoms with Gasteiger partial charge in [-0.25, -0.2) is 4.39 Å². The molecule has 0 radical (unpaired) electrons. The fraction of sp³-hybridized carbons (Fsp3) is 0.316. The number of guanidine groups is 1. The first kappa shape index (κ1) is 23.6. The zero-order valence-corrected chi connectivity index (χ0v) is 18.1. The van der Waals surface area contributed by atoms with Crippen molar-refractivity contribution < 1.29 is 13.9 Å². The number of halogens is 2. The molecule has 3 N–H and O–H groups in total. The molecule has 7 nitrogen and oxygen atoms in total. The molecule has 1 unspecified atom stereocenters. The molecule has 152 valence electrons. The maximum absolute atomic E-state index is 13.3. The number of rotatable bonds is 8. The highest BCUT2D eigenvalue weighted by Gasteiger charge is 2.11. The molecule has 0 aliphatic heterocycles. The lowest BCUT2D eigenvalue weighted by Gasteiger charge is -2.20. The number of anilines is 1. The molecule has 1 atom stereocenters. The second kappa shape index (κ2) is 12.9. The van der Waals surface area contributed by atoms with E-state index in [1.54, 1.807) is 43.7 Å². The number of aliphatic imine (C=N–C) groups is 1. The van der Waals surface area contributed by atoms with Gasteiger partial charge in [0.25, 0.3) is 0 Å².